The van der Waals surface area contributed by atoms with Gasteiger partial charge in [0.25, 0.3) is 0 Å². The summed E-state index contributed by atoms with van der Waals surface area (Å²) in [7, 11) is 0. The number of piperidine rings is 1. The number of likely N-dealkylation sites (tertiary alicyclic amines) is 1. The fraction of sp³-hybridized carbons (Fsp3) is 0.667. The second-order valence-electron chi connectivity index (χ2n) is 7.31. The van der Waals surface area contributed by atoms with Crippen LogP contribution in [0.5, 0.6) is 5.75 Å². The second kappa shape index (κ2) is 13.6. The van der Waals surface area contributed by atoms with Crippen molar-refractivity contribution in [3.05, 3.63) is 29.5 Å². The minimum Gasteiger partial charge on any atom is -0.633 e. The highest BCUT2D eigenvalue weighted by atomic mass is 35.5. The first-order valence-corrected chi connectivity index (χ1v) is 10.4. The van der Waals surface area contributed by atoms with Crippen LogP contribution in [0.15, 0.2) is 24.3 Å². The lowest BCUT2D eigenvalue weighted by Gasteiger charge is -2.45. The molecule has 6 nitrogen and oxygen atoms in total. The first-order valence-electron chi connectivity index (χ1n) is 10.4. The number of amides is 1. The molecule has 1 N–H and O–H groups in total. The van der Waals surface area contributed by atoms with Gasteiger partial charge in [0.2, 0.25) is 0 Å². The number of nitrogens with one attached hydrogen (secondary N) is 1. The summed E-state index contributed by atoms with van der Waals surface area (Å²) < 4.78 is 10.8. The Balaban J connectivity index is 0.00000392. The third kappa shape index (κ3) is 9.13. The van der Waals surface area contributed by atoms with Gasteiger partial charge in [-0.2, -0.15) is 0 Å². The smallest absolute Gasteiger partial charge is 0.411 e. The number of rotatable bonds is 11. The molecule has 1 fully saturated rings. The standard InChI is InChI=1S/C21H34N2O4.ClH/c1-2-3-4-5-11-17-26-20-13-8-7-12-19(20)22-21(24)27-18-16-23(25)14-9-6-10-15-23;/h7-8,12-13H,2-6,9-11,14-18H2,1H3,(H,22,24);1H. The summed E-state index contributed by atoms with van der Waals surface area (Å²) in [6.45, 7) is 4.54. The number of carbonyl (C=O) groups is 1. The van der Waals surface area contributed by atoms with E-state index in [0.717, 1.165) is 32.1 Å². The Labute approximate surface area is 175 Å². The van der Waals surface area contributed by atoms with Crippen LogP contribution in [0.4, 0.5) is 10.5 Å². The van der Waals surface area contributed by atoms with Gasteiger partial charge < -0.3 is 19.3 Å². The third-order valence-electron chi connectivity index (χ3n) is 4.99. The van der Waals surface area contributed by atoms with Crippen LogP contribution in [-0.2, 0) is 4.74 Å². The molecule has 0 bridgehead atoms. The maximum absolute atomic E-state index is 12.4. The lowest BCUT2D eigenvalue weighted by molar-refractivity contribution is -0.885. The summed E-state index contributed by atoms with van der Waals surface area (Å²) in [5.74, 6) is 0.647. The molecule has 0 saturated carbocycles. The summed E-state index contributed by atoms with van der Waals surface area (Å²) in [5, 5.41) is 15.2. The fourth-order valence-electron chi connectivity index (χ4n) is 3.35. The van der Waals surface area contributed by atoms with E-state index in [2.05, 4.69) is 12.2 Å². The van der Waals surface area contributed by atoms with Crippen LogP contribution in [0.2, 0.25) is 0 Å². The van der Waals surface area contributed by atoms with Gasteiger partial charge in [0.1, 0.15) is 18.9 Å². The maximum Gasteiger partial charge on any atom is 0.411 e. The Morgan fingerprint density at radius 3 is 2.54 bits per heavy atom. The van der Waals surface area contributed by atoms with Crippen LogP contribution in [0, 0.1) is 5.21 Å². The molecule has 1 heterocycles. The van der Waals surface area contributed by atoms with Crippen LogP contribution < -0.4 is 10.1 Å². The summed E-state index contributed by atoms with van der Waals surface area (Å²) >= 11 is 0. The molecule has 0 unspecified atom stereocenters. The van der Waals surface area contributed by atoms with Crippen LogP contribution in [0.25, 0.3) is 0 Å². The number of nitrogens with zero attached hydrogens (tertiary/aromatic N) is 1. The van der Waals surface area contributed by atoms with Crippen LogP contribution in [0.1, 0.15) is 58.3 Å². The van der Waals surface area contributed by atoms with Crippen molar-refractivity contribution >= 4 is 24.2 Å². The quantitative estimate of drug-likeness (QED) is 0.294. The van der Waals surface area contributed by atoms with Crippen molar-refractivity contribution in [2.45, 2.75) is 58.3 Å². The molecule has 0 radical (unpaired) electrons. The highest BCUT2D eigenvalue weighted by Gasteiger charge is 2.21. The second-order valence-corrected chi connectivity index (χ2v) is 7.31. The van der Waals surface area contributed by atoms with E-state index >= 15 is 0 Å². The number of unbranched alkanes of at least 4 members (excludes halogenated alkanes) is 4. The van der Waals surface area contributed by atoms with Crippen molar-refractivity contribution in [1.29, 1.82) is 0 Å². The van der Waals surface area contributed by atoms with E-state index in [1.54, 1.807) is 6.07 Å². The molecule has 28 heavy (non-hydrogen) atoms. The predicted molar refractivity (Wildman–Crippen MR) is 115 cm³/mol. The Morgan fingerprint density at radius 1 is 1.07 bits per heavy atom. The number of hydroxylamine groups is 3. The normalized spacial score (nSPS) is 15.4. The van der Waals surface area contributed by atoms with Crippen molar-refractivity contribution in [2.24, 2.45) is 0 Å². The fourth-order valence-corrected chi connectivity index (χ4v) is 3.35. The Bertz CT molecular complexity index is 565. The van der Waals surface area contributed by atoms with E-state index in [1.807, 2.05) is 18.2 Å². The van der Waals surface area contributed by atoms with Gasteiger partial charge in [0, 0.05) is 0 Å². The van der Waals surface area contributed by atoms with Crippen molar-refractivity contribution in [3.8, 4) is 5.75 Å². The number of hydrogen-bond donors (Lipinski definition) is 1. The molecule has 0 aliphatic carbocycles. The van der Waals surface area contributed by atoms with E-state index in [4.69, 9.17) is 9.47 Å². The number of benzene rings is 1. The highest BCUT2D eigenvalue weighted by molar-refractivity contribution is 5.86. The predicted octanol–water partition coefficient (Wildman–Crippen LogP) is 5.50. The molecule has 0 atom stereocenters. The SMILES string of the molecule is CCCCCCCOc1ccccc1NC(=O)OCC[N+]1([O-])CCCCC1.Cl. The first-order chi connectivity index (χ1) is 13.1. The molecule has 0 spiro atoms. The molecule has 1 amide bonds. The number of hydrogen-bond acceptors (Lipinski definition) is 4. The van der Waals surface area contributed by atoms with Gasteiger partial charge in [-0.05, 0) is 37.8 Å². The topological polar surface area (TPSA) is 70.6 Å². The summed E-state index contributed by atoms with van der Waals surface area (Å²) in [4.78, 5) is 12.1. The van der Waals surface area contributed by atoms with Crippen molar-refractivity contribution in [2.75, 3.05) is 38.2 Å². The molecule has 2 rings (SSSR count). The number of ether oxygens (including phenoxy) is 2. The molecular weight excluding hydrogens is 380 g/mol. The van der Waals surface area contributed by atoms with Gasteiger partial charge in [-0.15, -0.1) is 12.4 Å². The molecule has 0 aromatic heterocycles. The molecular formula is C21H35ClN2O4. The molecule has 1 aliphatic rings. The monoisotopic (exact) mass is 414 g/mol. The van der Waals surface area contributed by atoms with Crippen LogP contribution in [0.3, 0.4) is 0 Å². The third-order valence-corrected chi connectivity index (χ3v) is 4.99. The number of quaternary nitrogens is 1. The highest BCUT2D eigenvalue weighted by Crippen LogP contribution is 2.24. The first kappa shape index (κ1) is 24.5. The number of para-hydroxylation sites is 2. The molecule has 1 saturated heterocycles. The van der Waals surface area contributed by atoms with Crippen molar-refractivity contribution in [1.82, 2.24) is 0 Å². The number of anilines is 1. The van der Waals surface area contributed by atoms with Gasteiger partial charge in [-0.3, -0.25) is 5.32 Å². The largest absolute Gasteiger partial charge is 0.633 e. The zero-order valence-electron chi connectivity index (χ0n) is 17.0. The van der Waals surface area contributed by atoms with Gasteiger partial charge in [0.15, 0.2) is 0 Å². The van der Waals surface area contributed by atoms with Gasteiger partial charge in [0.05, 0.1) is 25.4 Å². The van der Waals surface area contributed by atoms with Crippen molar-refractivity contribution < 1.29 is 18.9 Å². The lowest BCUT2D eigenvalue weighted by Crippen LogP contribution is -2.48. The molecule has 1 aromatic rings. The summed E-state index contributed by atoms with van der Waals surface area (Å²) in [6.07, 6.45) is 8.36. The Morgan fingerprint density at radius 2 is 1.79 bits per heavy atom. The molecule has 1 aromatic carbocycles. The lowest BCUT2D eigenvalue weighted by atomic mass is 10.1. The maximum atomic E-state index is 12.4. The summed E-state index contributed by atoms with van der Waals surface area (Å²) in [5.41, 5.74) is 0.597. The average Bonchev–Trinajstić information content (AvgIpc) is 2.66. The zero-order chi connectivity index (χ0) is 19.4. The van der Waals surface area contributed by atoms with Gasteiger partial charge >= 0.3 is 6.09 Å². The minimum atomic E-state index is -0.544. The minimum absolute atomic E-state index is 0. The zero-order valence-corrected chi connectivity index (χ0v) is 17.8. The average molecular weight is 415 g/mol. The molecule has 160 valence electrons. The van der Waals surface area contributed by atoms with E-state index in [1.165, 1.54) is 19.3 Å². The van der Waals surface area contributed by atoms with E-state index in [0.29, 0.717) is 37.7 Å². The van der Waals surface area contributed by atoms with E-state index in [-0.39, 0.29) is 23.7 Å². The van der Waals surface area contributed by atoms with E-state index < -0.39 is 6.09 Å². The Kier molecular flexibility index (Phi) is 12.0. The van der Waals surface area contributed by atoms with Crippen molar-refractivity contribution in [3.63, 3.8) is 0 Å². The van der Waals surface area contributed by atoms with Gasteiger partial charge in [-0.1, -0.05) is 44.7 Å². The number of halogens is 1. The summed E-state index contributed by atoms with van der Waals surface area (Å²) in [6, 6.07) is 7.35. The van der Waals surface area contributed by atoms with Gasteiger partial charge in [-0.25, -0.2) is 4.79 Å². The Hall–Kier alpha value is -1.50. The molecule has 7 heteroatoms. The van der Waals surface area contributed by atoms with Crippen LogP contribution in [-0.4, -0.2) is 43.6 Å². The molecule has 1 aliphatic heterocycles. The number of carbonyl (C=O) groups excluding carboxylic acids is 1. The van der Waals surface area contributed by atoms with Crippen LogP contribution >= 0.6 is 12.4 Å². The van der Waals surface area contributed by atoms with E-state index in [9.17, 15) is 10.0 Å².